The fourth-order valence-electron chi connectivity index (χ4n) is 4.40. The maximum absolute atomic E-state index is 13.0. The summed E-state index contributed by atoms with van der Waals surface area (Å²) in [6.45, 7) is 5.56. The molecule has 0 atom stereocenters. The molecule has 0 unspecified atom stereocenters. The summed E-state index contributed by atoms with van der Waals surface area (Å²) in [4.78, 5) is 24.5. The maximum atomic E-state index is 13.0. The van der Waals surface area contributed by atoms with Gasteiger partial charge in [0.15, 0.2) is 0 Å². The predicted octanol–water partition coefficient (Wildman–Crippen LogP) is 3.19. The van der Waals surface area contributed by atoms with Crippen molar-refractivity contribution in [2.24, 2.45) is 0 Å². The highest BCUT2D eigenvalue weighted by Crippen LogP contribution is 2.32. The lowest BCUT2D eigenvalue weighted by Crippen LogP contribution is -2.44. The van der Waals surface area contributed by atoms with Gasteiger partial charge in [0.25, 0.3) is 5.91 Å². The summed E-state index contributed by atoms with van der Waals surface area (Å²) >= 11 is 0. The Balaban J connectivity index is 1.32. The number of aromatic nitrogens is 1. The molecular formula is C24H26N4O. The van der Waals surface area contributed by atoms with Crippen LogP contribution in [0.25, 0.3) is 10.9 Å². The number of benzene rings is 2. The van der Waals surface area contributed by atoms with Crippen molar-refractivity contribution >= 4 is 22.5 Å². The van der Waals surface area contributed by atoms with Crippen LogP contribution in [0.4, 0.5) is 5.69 Å². The van der Waals surface area contributed by atoms with E-state index in [0.29, 0.717) is 13.1 Å². The van der Waals surface area contributed by atoms with Gasteiger partial charge in [-0.3, -0.25) is 9.78 Å². The molecule has 2 aromatic carbocycles. The Bertz CT molecular complexity index is 1060. The Hall–Kier alpha value is -2.92. The Morgan fingerprint density at radius 1 is 0.931 bits per heavy atom. The third-order valence-electron chi connectivity index (χ3n) is 6.16. The lowest BCUT2D eigenvalue weighted by molar-refractivity contribution is 0.0780. The standard InChI is InChI=1S/C24H26N4O/c1-26-13-15-27(16-14-26)23-8-4-6-20-21(23)17-28(24(20)29)12-11-19-10-9-18-5-2-3-7-22(18)25-19/h2-10H,11-17H2,1H3. The number of carbonyl (C=O) groups excluding carboxylic acids is 1. The van der Waals surface area contributed by atoms with Gasteiger partial charge in [-0.2, -0.15) is 0 Å². The number of amides is 1. The molecule has 1 saturated heterocycles. The number of fused-ring (bicyclic) bond motifs is 2. The van der Waals surface area contributed by atoms with E-state index >= 15 is 0 Å². The molecule has 1 fully saturated rings. The monoisotopic (exact) mass is 386 g/mol. The van der Waals surface area contributed by atoms with Crippen molar-refractivity contribution in [3.63, 3.8) is 0 Å². The summed E-state index contributed by atoms with van der Waals surface area (Å²) < 4.78 is 0. The topological polar surface area (TPSA) is 39.7 Å². The van der Waals surface area contributed by atoms with E-state index in [1.54, 1.807) is 0 Å². The lowest BCUT2D eigenvalue weighted by atomic mass is 10.1. The number of nitrogens with zero attached hydrogens (tertiary/aromatic N) is 4. The number of piperazine rings is 1. The van der Waals surface area contributed by atoms with E-state index in [9.17, 15) is 4.79 Å². The van der Waals surface area contributed by atoms with E-state index in [0.717, 1.165) is 54.8 Å². The molecule has 5 rings (SSSR count). The van der Waals surface area contributed by atoms with Crippen LogP contribution >= 0.6 is 0 Å². The summed E-state index contributed by atoms with van der Waals surface area (Å²) in [5, 5.41) is 1.15. The summed E-state index contributed by atoms with van der Waals surface area (Å²) in [5.74, 6) is 0.150. The third-order valence-corrected chi connectivity index (χ3v) is 6.16. The van der Waals surface area contributed by atoms with Gasteiger partial charge in [0, 0.05) is 73.6 Å². The van der Waals surface area contributed by atoms with E-state index in [-0.39, 0.29) is 5.91 Å². The largest absolute Gasteiger partial charge is 0.369 e. The smallest absolute Gasteiger partial charge is 0.254 e. The molecule has 5 heteroatoms. The first-order valence-electron chi connectivity index (χ1n) is 10.4. The molecular weight excluding hydrogens is 360 g/mol. The minimum atomic E-state index is 0.150. The molecule has 29 heavy (non-hydrogen) atoms. The Morgan fingerprint density at radius 2 is 1.76 bits per heavy atom. The van der Waals surface area contributed by atoms with Crippen molar-refractivity contribution in [2.75, 3.05) is 44.7 Å². The van der Waals surface area contributed by atoms with Gasteiger partial charge in [-0.15, -0.1) is 0 Å². The fourth-order valence-corrected chi connectivity index (χ4v) is 4.40. The van der Waals surface area contributed by atoms with E-state index in [1.165, 1.54) is 11.3 Å². The number of hydrogen-bond donors (Lipinski definition) is 0. The summed E-state index contributed by atoms with van der Waals surface area (Å²) in [7, 11) is 2.17. The molecule has 3 heterocycles. The number of likely N-dealkylation sites (N-methyl/N-ethyl adjacent to an activating group) is 1. The van der Waals surface area contributed by atoms with Crippen molar-refractivity contribution in [3.8, 4) is 0 Å². The number of hydrogen-bond acceptors (Lipinski definition) is 4. The first kappa shape index (κ1) is 18.1. The molecule has 0 N–H and O–H groups in total. The highest BCUT2D eigenvalue weighted by molar-refractivity contribution is 6.00. The highest BCUT2D eigenvalue weighted by Gasteiger charge is 2.31. The minimum absolute atomic E-state index is 0.150. The van der Waals surface area contributed by atoms with Crippen LogP contribution in [0.15, 0.2) is 54.6 Å². The quantitative estimate of drug-likeness (QED) is 0.690. The van der Waals surface area contributed by atoms with Crippen LogP contribution in [0.2, 0.25) is 0 Å². The molecule has 5 nitrogen and oxygen atoms in total. The Labute approximate surface area is 171 Å². The van der Waals surface area contributed by atoms with Crippen LogP contribution < -0.4 is 4.90 Å². The van der Waals surface area contributed by atoms with Crippen molar-refractivity contribution in [1.82, 2.24) is 14.8 Å². The highest BCUT2D eigenvalue weighted by atomic mass is 16.2. The normalized spacial score (nSPS) is 17.2. The van der Waals surface area contributed by atoms with Gasteiger partial charge >= 0.3 is 0 Å². The molecule has 2 aliphatic rings. The van der Waals surface area contributed by atoms with Gasteiger partial charge in [0.1, 0.15) is 0 Å². The summed E-state index contributed by atoms with van der Waals surface area (Å²) in [6.07, 6.45) is 0.772. The number of anilines is 1. The van der Waals surface area contributed by atoms with Gasteiger partial charge in [-0.05, 0) is 31.3 Å². The zero-order valence-corrected chi connectivity index (χ0v) is 16.8. The summed E-state index contributed by atoms with van der Waals surface area (Å²) in [6, 6.07) is 18.5. The van der Waals surface area contributed by atoms with Crippen LogP contribution in [0, 0.1) is 0 Å². The Kier molecular flexibility index (Phi) is 4.68. The fraction of sp³-hybridized carbons (Fsp3) is 0.333. The molecule has 0 spiro atoms. The van der Waals surface area contributed by atoms with Crippen molar-refractivity contribution in [1.29, 1.82) is 0 Å². The van der Waals surface area contributed by atoms with Crippen molar-refractivity contribution < 1.29 is 4.79 Å². The zero-order valence-electron chi connectivity index (χ0n) is 16.8. The second-order valence-corrected chi connectivity index (χ2v) is 8.07. The van der Waals surface area contributed by atoms with E-state index < -0.39 is 0 Å². The average molecular weight is 386 g/mol. The average Bonchev–Trinajstić information content (AvgIpc) is 3.08. The lowest BCUT2D eigenvalue weighted by Gasteiger charge is -2.35. The Morgan fingerprint density at radius 3 is 2.62 bits per heavy atom. The SMILES string of the molecule is CN1CCN(c2cccc3c2CN(CCc2ccc4ccccc4n2)C3=O)CC1. The van der Waals surface area contributed by atoms with Crippen LogP contribution in [0.1, 0.15) is 21.6 Å². The van der Waals surface area contributed by atoms with Crippen LogP contribution in [0.5, 0.6) is 0 Å². The second kappa shape index (κ2) is 7.48. The molecule has 148 valence electrons. The number of para-hydroxylation sites is 1. The van der Waals surface area contributed by atoms with Crippen molar-refractivity contribution in [2.45, 2.75) is 13.0 Å². The molecule has 0 radical (unpaired) electrons. The van der Waals surface area contributed by atoms with Gasteiger partial charge in [0.05, 0.1) is 5.52 Å². The van der Waals surface area contributed by atoms with E-state index in [4.69, 9.17) is 4.98 Å². The van der Waals surface area contributed by atoms with E-state index in [1.807, 2.05) is 35.2 Å². The number of carbonyl (C=O) groups is 1. The van der Waals surface area contributed by atoms with Gasteiger partial charge in [0.2, 0.25) is 0 Å². The number of rotatable bonds is 4. The molecule has 2 aliphatic heterocycles. The first-order valence-corrected chi connectivity index (χ1v) is 10.4. The maximum Gasteiger partial charge on any atom is 0.254 e. The third kappa shape index (κ3) is 3.47. The number of pyridine rings is 1. The first-order chi connectivity index (χ1) is 14.2. The molecule has 3 aromatic rings. The summed E-state index contributed by atoms with van der Waals surface area (Å²) in [5.41, 5.74) is 5.34. The van der Waals surface area contributed by atoms with Gasteiger partial charge in [-0.25, -0.2) is 0 Å². The molecule has 0 bridgehead atoms. The van der Waals surface area contributed by atoms with Crippen molar-refractivity contribution in [3.05, 3.63) is 71.4 Å². The predicted molar refractivity (Wildman–Crippen MR) is 116 cm³/mol. The minimum Gasteiger partial charge on any atom is -0.369 e. The van der Waals surface area contributed by atoms with Gasteiger partial charge in [-0.1, -0.05) is 30.3 Å². The van der Waals surface area contributed by atoms with E-state index in [2.05, 4.69) is 41.1 Å². The molecule has 0 saturated carbocycles. The van der Waals surface area contributed by atoms with Crippen LogP contribution in [-0.2, 0) is 13.0 Å². The molecule has 0 aliphatic carbocycles. The van der Waals surface area contributed by atoms with Crippen LogP contribution in [0.3, 0.4) is 0 Å². The van der Waals surface area contributed by atoms with Gasteiger partial charge < -0.3 is 14.7 Å². The molecule has 1 aromatic heterocycles. The zero-order chi connectivity index (χ0) is 19.8. The molecule has 1 amide bonds. The van der Waals surface area contributed by atoms with Crippen LogP contribution in [-0.4, -0.2) is 60.5 Å². The second-order valence-electron chi connectivity index (χ2n) is 8.07.